The van der Waals surface area contributed by atoms with E-state index < -0.39 is 0 Å². The molecule has 4 N–H and O–H groups in total. The first-order valence-corrected chi connectivity index (χ1v) is 10.1. The molecule has 0 aliphatic carbocycles. The van der Waals surface area contributed by atoms with E-state index >= 15 is 0 Å². The monoisotopic (exact) mass is 406 g/mol. The zero-order valence-corrected chi connectivity index (χ0v) is 17.8. The predicted molar refractivity (Wildman–Crippen MR) is 115 cm³/mol. The van der Waals surface area contributed by atoms with Crippen LogP contribution in [0.15, 0.2) is 22.1 Å². The number of amidine groups is 1. The van der Waals surface area contributed by atoms with Crippen molar-refractivity contribution in [1.29, 1.82) is 0 Å². The lowest BCUT2D eigenvalue weighted by atomic mass is 9.97. The minimum Gasteiger partial charge on any atom is -0.493 e. The number of guanidine groups is 1. The van der Waals surface area contributed by atoms with Crippen molar-refractivity contribution in [2.24, 2.45) is 27.4 Å². The van der Waals surface area contributed by atoms with Crippen LogP contribution in [-0.2, 0) is 11.2 Å². The van der Waals surface area contributed by atoms with Crippen LogP contribution < -0.4 is 25.7 Å². The number of ether oxygens (including phenoxy) is 4. The van der Waals surface area contributed by atoms with Gasteiger partial charge in [-0.05, 0) is 37.0 Å². The summed E-state index contributed by atoms with van der Waals surface area (Å²) in [6.45, 7) is 1.97. The van der Waals surface area contributed by atoms with Crippen LogP contribution in [0.1, 0.15) is 37.7 Å². The molecule has 0 bridgehead atoms. The van der Waals surface area contributed by atoms with E-state index in [1.165, 1.54) is 12.8 Å². The Morgan fingerprint density at radius 3 is 2.14 bits per heavy atom. The van der Waals surface area contributed by atoms with Gasteiger partial charge in [0.25, 0.3) is 0 Å². The van der Waals surface area contributed by atoms with Gasteiger partial charge in [-0.25, -0.2) is 4.99 Å². The zero-order valence-electron chi connectivity index (χ0n) is 17.8. The maximum atomic E-state index is 6.02. The van der Waals surface area contributed by atoms with Crippen LogP contribution in [0.2, 0.25) is 0 Å². The Morgan fingerprint density at radius 2 is 1.55 bits per heavy atom. The minimum absolute atomic E-state index is 0.00147. The molecule has 0 aromatic heterocycles. The number of aliphatic imine (C=N–C) groups is 2. The Bertz CT molecular complexity index is 681. The summed E-state index contributed by atoms with van der Waals surface area (Å²) in [5.74, 6) is 2.66. The SMILES string of the molecule is COCCCCCCCOc1c(OC)cc(CC2CN=C(N)N=C2N)cc1OC. The third kappa shape index (κ3) is 7.12. The lowest BCUT2D eigenvalue weighted by Crippen LogP contribution is -2.34. The summed E-state index contributed by atoms with van der Waals surface area (Å²) in [5, 5.41) is 0. The van der Waals surface area contributed by atoms with Crippen molar-refractivity contribution in [3.05, 3.63) is 17.7 Å². The van der Waals surface area contributed by atoms with Gasteiger partial charge >= 0.3 is 0 Å². The quantitative estimate of drug-likeness (QED) is 0.487. The van der Waals surface area contributed by atoms with Crippen LogP contribution in [0.4, 0.5) is 0 Å². The number of rotatable bonds is 13. The van der Waals surface area contributed by atoms with Gasteiger partial charge in [-0.3, -0.25) is 4.99 Å². The van der Waals surface area contributed by atoms with Crippen molar-refractivity contribution in [2.75, 3.05) is 41.1 Å². The maximum absolute atomic E-state index is 6.02. The highest BCUT2D eigenvalue weighted by atomic mass is 16.5. The Balaban J connectivity index is 1.94. The van der Waals surface area contributed by atoms with Crippen molar-refractivity contribution in [1.82, 2.24) is 0 Å². The van der Waals surface area contributed by atoms with Crippen LogP contribution in [0, 0.1) is 5.92 Å². The summed E-state index contributed by atoms with van der Waals surface area (Å²) >= 11 is 0. The van der Waals surface area contributed by atoms with E-state index in [4.69, 9.17) is 30.4 Å². The molecule has 0 fully saturated rings. The number of unbranched alkanes of at least 4 members (excludes halogenated alkanes) is 4. The van der Waals surface area contributed by atoms with E-state index in [0.717, 1.165) is 31.4 Å². The number of benzene rings is 1. The highest BCUT2D eigenvalue weighted by molar-refractivity contribution is 5.97. The average molecular weight is 407 g/mol. The third-order valence-electron chi connectivity index (χ3n) is 4.88. The molecule has 1 aliphatic rings. The molecule has 29 heavy (non-hydrogen) atoms. The molecule has 162 valence electrons. The van der Waals surface area contributed by atoms with E-state index in [-0.39, 0.29) is 11.9 Å². The second kappa shape index (κ2) is 12.2. The molecule has 1 aromatic carbocycles. The number of nitrogens with two attached hydrogens (primary N) is 2. The molecule has 0 amide bonds. The lowest BCUT2D eigenvalue weighted by Gasteiger charge is -2.20. The summed E-state index contributed by atoms with van der Waals surface area (Å²) in [7, 11) is 4.99. The number of hydrogen-bond donors (Lipinski definition) is 2. The second-order valence-electron chi connectivity index (χ2n) is 7.08. The van der Waals surface area contributed by atoms with Gasteiger partial charge in [0.2, 0.25) is 11.7 Å². The van der Waals surface area contributed by atoms with Crippen molar-refractivity contribution in [3.63, 3.8) is 0 Å². The summed E-state index contributed by atoms with van der Waals surface area (Å²) in [4.78, 5) is 8.25. The van der Waals surface area contributed by atoms with Crippen LogP contribution >= 0.6 is 0 Å². The number of nitrogens with zero attached hydrogens (tertiary/aromatic N) is 2. The molecule has 2 rings (SSSR count). The fourth-order valence-electron chi connectivity index (χ4n) is 3.26. The Hall–Kier alpha value is -2.48. The minimum atomic E-state index is 0.00147. The van der Waals surface area contributed by atoms with Crippen molar-refractivity contribution in [2.45, 2.75) is 38.5 Å². The van der Waals surface area contributed by atoms with Gasteiger partial charge in [-0.15, -0.1) is 0 Å². The molecule has 0 saturated carbocycles. The van der Waals surface area contributed by atoms with Gasteiger partial charge in [-0.2, -0.15) is 0 Å². The zero-order chi connectivity index (χ0) is 21.1. The van der Waals surface area contributed by atoms with E-state index in [9.17, 15) is 0 Å². The van der Waals surface area contributed by atoms with E-state index in [1.54, 1.807) is 21.3 Å². The van der Waals surface area contributed by atoms with Crippen LogP contribution in [0.5, 0.6) is 17.2 Å². The van der Waals surface area contributed by atoms with Gasteiger partial charge in [0.15, 0.2) is 11.5 Å². The van der Waals surface area contributed by atoms with E-state index in [0.29, 0.717) is 42.7 Å². The van der Waals surface area contributed by atoms with Gasteiger partial charge in [-0.1, -0.05) is 19.3 Å². The van der Waals surface area contributed by atoms with Crippen molar-refractivity contribution in [3.8, 4) is 17.2 Å². The first kappa shape index (κ1) is 22.8. The molecule has 1 heterocycles. The largest absolute Gasteiger partial charge is 0.493 e. The first-order valence-electron chi connectivity index (χ1n) is 10.1. The lowest BCUT2D eigenvalue weighted by molar-refractivity contribution is 0.191. The third-order valence-corrected chi connectivity index (χ3v) is 4.88. The molecule has 1 aromatic rings. The standard InChI is InChI=1S/C21H34N4O4/c1-26-9-7-5-4-6-8-10-29-19-17(27-2)12-15(13-18(19)28-3)11-16-14-24-21(23)25-20(16)22/h12-13,16H,4-11,14H2,1-3H3,(H4,22,23,24,25). The van der Waals surface area contributed by atoms with Gasteiger partial charge in [0.05, 0.1) is 27.4 Å². The van der Waals surface area contributed by atoms with Crippen LogP contribution in [0.3, 0.4) is 0 Å². The average Bonchev–Trinajstić information content (AvgIpc) is 2.72. The predicted octanol–water partition coefficient (Wildman–Crippen LogP) is 2.52. The summed E-state index contributed by atoms with van der Waals surface area (Å²) in [5.41, 5.74) is 12.6. The number of hydrogen-bond acceptors (Lipinski definition) is 8. The molecule has 1 atom stereocenters. The van der Waals surface area contributed by atoms with E-state index in [1.807, 2.05) is 12.1 Å². The van der Waals surface area contributed by atoms with Gasteiger partial charge in [0.1, 0.15) is 5.84 Å². The summed E-state index contributed by atoms with van der Waals surface area (Å²) < 4.78 is 22.2. The Labute approximate surface area is 173 Å². The van der Waals surface area contributed by atoms with Gasteiger partial charge < -0.3 is 30.4 Å². The topological polar surface area (TPSA) is 114 Å². The Kier molecular flexibility index (Phi) is 9.56. The highest BCUT2D eigenvalue weighted by Crippen LogP contribution is 2.39. The summed E-state index contributed by atoms with van der Waals surface area (Å²) in [6, 6.07) is 3.91. The first-order chi connectivity index (χ1) is 14.1. The maximum Gasteiger partial charge on any atom is 0.217 e. The van der Waals surface area contributed by atoms with Crippen molar-refractivity contribution < 1.29 is 18.9 Å². The second-order valence-corrected chi connectivity index (χ2v) is 7.08. The highest BCUT2D eigenvalue weighted by Gasteiger charge is 2.21. The fourth-order valence-corrected chi connectivity index (χ4v) is 3.26. The molecule has 8 nitrogen and oxygen atoms in total. The molecule has 1 unspecified atom stereocenters. The molecular formula is C21H34N4O4. The molecule has 0 saturated heterocycles. The molecule has 1 aliphatic heterocycles. The number of methoxy groups -OCH3 is 3. The van der Waals surface area contributed by atoms with Gasteiger partial charge in [0, 0.05) is 19.6 Å². The fraction of sp³-hybridized carbons (Fsp3) is 0.619. The normalized spacial score (nSPS) is 16.2. The smallest absolute Gasteiger partial charge is 0.217 e. The summed E-state index contributed by atoms with van der Waals surface area (Å²) in [6.07, 6.45) is 6.23. The van der Waals surface area contributed by atoms with Crippen LogP contribution in [-0.4, -0.2) is 52.9 Å². The molecule has 8 heteroatoms. The Morgan fingerprint density at radius 1 is 0.931 bits per heavy atom. The molecule has 0 spiro atoms. The molecule has 0 radical (unpaired) electrons. The molecular weight excluding hydrogens is 372 g/mol. The van der Waals surface area contributed by atoms with E-state index in [2.05, 4.69) is 9.98 Å². The van der Waals surface area contributed by atoms with Crippen molar-refractivity contribution >= 4 is 11.8 Å². The van der Waals surface area contributed by atoms with Crippen LogP contribution in [0.25, 0.3) is 0 Å².